The minimum Gasteiger partial charge on any atom is -0.497 e. The van der Waals surface area contributed by atoms with Gasteiger partial charge in [0.05, 0.1) is 32.3 Å². The number of aromatic amines is 1. The maximum Gasteiger partial charge on any atom is 0.338 e. The lowest BCUT2D eigenvalue weighted by atomic mass is 9.56. The van der Waals surface area contributed by atoms with E-state index in [1.54, 1.807) is 39.5 Å². The minimum atomic E-state index is -0.333. The number of carbonyl (C=O) groups excluding carboxylic acids is 1. The predicted octanol–water partition coefficient (Wildman–Crippen LogP) is 4.97. The number of nitrogens with one attached hydrogen (secondary N) is 1. The van der Waals surface area contributed by atoms with Crippen molar-refractivity contribution in [3.63, 3.8) is 0 Å². The van der Waals surface area contributed by atoms with Crippen LogP contribution in [0.4, 0.5) is 0 Å². The summed E-state index contributed by atoms with van der Waals surface area (Å²) in [5, 5.41) is 1.22. The van der Waals surface area contributed by atoms with Gasteiger partial charge in [0.2, 0.25) is 0 Å². The molecule has 0 spiro atoms. The van der Waals surface area contributed by atoms with E-state index < -0.39 is 0 Å². The average Bonchev–Trinajstić information content (AvgIpc) is 3.28. The maximum absolute atomic E-state index is 13.4. The molecule has 2 saturated heterocycles. The first-order valence-corrected chi connectivity index (χ1v) is 13.3. The fraction of sp³-hybridized carbons (Fsp3) is 0.500. The van der Waals surface area contributed by atoms with Crippen LogP contribution in [0, 0.1) is 11.8 Å². The third-order valence-electron chi connectivity index (χ3n) is 9.05. The molecule has 7 rings (SSSR count). The monoisotopic (exact) mass is 504 g/mol. The number of nitrogens with zero attached hydrogens (tertiary/aromatic N) is 1. The van der Waals surface area contributed by atoms with Gasteiger partial charge in [-0.15, -0.1) is 0 Å². The molecule has 7 nitrogen and oxygen atoms in total. The molecule has 4 heterocycles. The zero-order valence-electron chi connectivity index (χ0n) is 22.1. The van der Waals surface area contributed by atoms with Gasteiger partial charge in [-0.3, -0.25) is 4.90 Å². The van der Waals surface area contributed by atoms with Crippen LogP contribution in [0.3, 0.4) is 0 Å². The summed E-state index contributed by atoms with van der Waals surface area (Å²) < 4.78 is 22.5. The van der Waals surface area contributed by atoms with Gasteiger partial charge in [-0.05, 0) is 73.1 Å². The summed E-state index contributed by atoms with van der Waals surface area (Å²) in [6.45, 7) is 4.82. The van der Waals surface area contributed by atoms with Crippen molar-refractivity contribution < 1.29 is 23.7 Å². The zero-order chi connectivity index (χ0) is 25.7. The van der Waals surface area contributed by atoms with Crippen LogP contribution in [0.15, 0.2) is 36.4 Å². The Hall–Kier alpha value is -3.19. The predicted molar refractivity (Wildman–Crippen MR) is 142 cm³/mol. The van der Waals surface area contributed by atoms with Crippen LogP contribution >= 0.6 is 0 Å². The van der Waals surface area contributed by atoms with Gasteiger partial charge in [0.1, 0.15) is 12.4 Å². The molecule has 0 radical (unpaired) electrons. The van der Waals surface area contributed by atoms with Gasteiger partial charge in [0.25, 0.3) is 0 Å². The summed E-state index contributed by atoms with van der Waals surface area (Å²) in [7, 11) is 4.87. The third kappa shape index (κ3) is 3.78. The molecule has 3 aliphatic heterocycles. The number of carbonyl (C=O) groups is 1. The maximum atomic E-state index is 13.4. The Morgan fingerprint density at radius 2 is 1.92 bits per heavy atom. The number of piperidine rings is 2. The first-order valence-electron chi connectivity index (χ1n) is 13.3. The van der Waals surface area contributed by atoms with E-state index in [9.17, 15) is 4.79 Å². The van der Waals surface area contributed by atoms with E-state index in [4.69, 9.17) is 18.9 Å². The van der Waals surface area contributed by atoms with Crippen molar-refractivity contribution >= 4 is 16.9 Å². The molecular weight excluding hydrogens is 468 g/mol. The molecule has 7 heteroatoms. The highest BCUT2D eigenvalue weighted by Crippen LogP contribution is 2.55. The van der Waals surface area contributed by atoms with E-state index >= 15 is 0 Å². The fourth-order valence-electron chi connectivity index (χ4n) is 7.58. The van der Waals surface area contributed by atoms with Crippen LogP contribution in [0.5, 0.6) is 17.2 Å². The van der Waals surface area contributed by atoms with E-state index in [-0.39, 0.29) is 11.4 Å². The van der Waals surface area contributed by atoms with Gasteiger partial charge in [0.15, 0.2) is 11.5 Å². The van der Waals surface area contributed by atoms with Crippen molar-refractivity contribution in [2.24, 2.45) is 11.8 Å². The average molecular weight is 505 g/mol. The number of fused-ring (bicyclic) bond motifs is 4. The molecule has 4 aliphatic rings. The lowest BCUT2D eigenvalue weighted by Crippen LogP contribution is -2.66. The van der Waals surface area contributed by atoms with E-state index in [1.807, 2.05) is 6.07 Å². The number of hydrogen-bond acceptors (Lipinski definition) is 6. The van der Waals surface area contributed by atoms with Gasteiger partial charge < -0.3 is 23.9 Å². The number of rotatable bonds is 7. The lowest BCUT2D eigenvalue weighted by Gasteiger charge is -2.59. The van der Waals surface area contributed by atoms with E-state index in [0.717, 1.165) is 43.6 Å². The SMILES string of the molecule is CC[C@@H]1C[C@@H]2CN3CCc4c([nH]c5ccc(OC)cc45)[C@](COC(=O)c4ccc(OC)c(OC)c4)(C2)[C@@H]13. The fourth-order valence-corrected chi connectivity index (χ4v) is 7.58. The molecule has 2 aromatic carbocycles. The Bertz CT molecular complexity index is 1330. The van der Waals surface area contributed by atoms with E-state index in [2.05, 4.69) is 28.9 Å². The van der Waals surface area contributed by atoms with Crippen molar-refractivity contribution in [3.05, 3.63) is 53.2 Å². The molecule has 0 amide bonds. The minimum absolute atomic E-state index is 0.272. The number of methoxy groups -OCH3 is 3. The summed E-state index contributed by atoms with van der Waals surface area (Å²) in [5.41, 5.74) is 3.92. The lowest BCUT2D eigenvalue weighted by molar-refractivity contribution is -0.0811. The Kier molecular flexibility index (Phi) is 6.06. The summed E-state index contributed by atoms with van der Waals surface area (Å²) >= 11 is 0. The van der Waals surface area contributed by atoms with Crippen LogP contribution < -0.4 is 14.2 Å². The summed E-state index contributed by atoms with van der Waals surface area (Å²) in [4.78, 5) is 19.9. The summed E-state index contributed by atoms with van der Waals surface area (Å²) in [6.07, 6.45) is 4.40. The highest BCUT2D eigenvalue weighted by Gasteiger charge is 2.58. The largest absolute Gasteiger partial charge is 0.497 e. The van der Waals surface area contributed by atoms with Crippen molar-refractivity contribution in [2.45, 2.75) is 44.1 Å². The molecule has 1 aliphatic carbocycles. The first kappa shape index (κ1) is 24.2. The van der Waals surface area contributed by atoms with Crippen LogP contribution in [-0.2, 0) is 16.6 Å². The molecule has 1 saturated carbocycles. The highest BCUT2D eigenvalue weighted by molar-refractivity contribution is 5.90. The van der Waals surface area contributed by atoms with Gasteiger partial charge >= 0.3 is 5.97 Å². The number of esters is 1. The molecular formula is C30H36N2O5. The van der Waals surface area contributed by atoms with Crippen molar-refractivity contribution in [1.82, 2.24) is 9.88 Å². The van der Waals surface area contributed by atoms with Gasteiger partial charge in [-0.1, -0.05) is 13.3 Å². The zero-order valence-corrected chi connectivity index (χ0v) is 22.1. The smallest absolute Gasteiger partial charge is 0.338 e. The summed E-state index contributed by atoms with van der Waals surface area (Å²) in [6, 6.07) is 11.8. The topological polar surface area (TPSA) is 73.0 Å². The molecule has 3 fully saturated rings. The third-order valence-corrected chi connectivity index (χ3v) is 9.05. The second kappa shape index (κ2) is 9.28. The number of ether oxygens (including phenoxy) is 4. The molecule has 1 aromatic heterocycles. The van der Waals surface area contributed by atoms with Crippen molar-refractivity contribution in [1.29, 1.82) is 0 Å². The molecule has 3 aromatic rings. The van der Waals surface area contributed by atoms with Crippen molar-refractivity contribution in [2.75, 3.05) is 41.0 Å². The van der Waals surface area contributed by atoms with Crippen LogP contribution in [0.25, 0.3) is 10.9 Å². The Morgan fingerprint density at radius 1 is 1.08 bits per heavy atom. The Morgan fingerprint density at radius 3 is 2.68 bits per heavy atom. The molecule has 1 N–H and O–H groups in total. The number of benzene rings is 2. The second-order valence-corrected chi connectivity index (χ2v) is 10.9. The second-order valence-electron chi connectivity index (χ2n) is 10.9. The van der Waals surface area contributed by atoms with Crippen LogP contribution in [0.2, 0.25) is 0 Å². The highest BCUT2D eigenvalue weighted by atomic mass is 16.5. The molecule has 5 atom stereocenters. The van der Waals surface area contributed by atoms with Gasteiger partial charge in [0, 0.05) is 35.7 Å². The molecule has 4 bridgehead atoms. The Balaban J connectivity index is 1.41. The number of hydrogen-bond donors (Lipinski definition) is 1. The van der Waals surface area contributed by atoms with E-state index in [1.165, 1.54) is 23.1 Å². The Labute approximate surface area is 218 Å². The summed E-state index contributed by atoms with van der Waals surface area (Å²) in [5.74, 6) is 2.82. The van der Waals surface area contributed by atoms with Crippen LogP contribution in [-0.4, -0.2) is 62.9 Å². The number of H-pyrrole nitrogens is 1. The normalized spacial score (nSPS) is 27.9. The molecule has 37 heavy (non-hydrogen) atoms. The van der Waals surface area contributed by atoms with Gasteiger partial charge in [-0.2, -0.15) is 0 Å². The first-order chi connectivity index (χ1) is 18.0. The quantitative estimate of drug-likeness (QED) is 0.459. The molecule has 1 unspecified atom stereocenters. The number of aromatic nitrogens is 1. The van der Waals surface area contributed by atoms with E-state index in [0.29, 0.717) is 41.5 Å². The van der Waals surface area contributed by atoms with Crippen LogP contribution in [0.1, 0.15) is 47.8 Å². The van der Waals surface area contributed by atoms with Crippen molar-refractivity contribution in [3.8, 4) is 17.2 Å². The standard InChI is InChI=1S/C30H36N2O5/c1-5-19-12-18-15-30(17-37-29(33)20-6-9-25(35-3)26(13-20)36-4)27-22(10-11-32(16-18)28(19)30)23-14-21(34-2)7-8-24(23)31-27/h6-9,13-14,18-19,28,31H,5,10-12,15-17H2,1-4H3/t18-,19+,28+,30+/m0/s1. The molecule has 196 valence electrons. The van der Waals surface area contributed by atoms with Gasteiger partial charge in [-0.25, -0.2) is 4.79 Å².